The molecule has 0 amide bonds. The van der Waals surface area contributed by atoms with Gasteiger partial charge in [0.1, 0.15) is 0 Å². The third kappa shape index (κ3) is 2.99. The average molecular weight is 319 g/mol. The maximum Gasteiger partial charge on any atom is 0.0454 e. The fraction of sp³-hybridized carbons (Fsp3) is 0.250. The highest BCUT2D eigenvalue weighted by atomic mass is 79.9. The van der Waals surface area contributed by atoms with Gasteiger partial charge in [0.05, 0.1) is 0 Å². The number of nitrogens with two attached hydrogens (primary N) is 1. The first-order chi connectivity index (χ1) is 9.02. The van der Waals surface area contributed by atoms with Gasteiger partial charge in [-0.3, -0.25) is 0 Å². The van der Waals surface area contributed by atoms with E-state index in [1.807, 2.05) is 0 Å². The quantitative estimate of drug-likeness (QED) is 0.914. The third-order valence-corrected chi connectivity index (χ3v) is 3.83. The van der Waals surface area contributed by atoms with Crippen molar-refractivity contribution in [1.29, 1.82) is 0 Å². The van der Waals surface area contributed by atoms with Crippen LogP contribution in [0.3, 0.4) is 0 Å². The first-order valence-electron chi connectivity index (χ1n) is 6.32. The molecule has 0 atom stereocenters. The molecule has 2 aromatic rings. The summed E-state index contributed by atoms with van der Waals surface area (Å²) in [5.41, 5.74) is 11.9. The molecule has 0 aromatic heterocycles. The van der Waals surface area contributed by atoms with Crippen molar-refractivity contribution in [3.63, 3.8) is 0 Å². The Balaban J connectivity index is 2.46. The van der Waals surface area contributed by atoms with Crippen LogP contribution in [0.4, 0.5) is 11.4 Å². The molecule has 2 N–H and O–H groups in total. The lowest BCUT2D eigenvalue weighted by Crippen LogP contribution is -2.14. The van der Waals surface area contributed by atoms with Crippen LogP contribution in [0, 0.1) is 13.8 Å². The van der Waals surface area contributed by atoms with Crippen LogP contribution in [0.2, 0.25) is 0 Å². The predicted molar refractivity (Wildman–Crippen MR) is 86.0 cm³/mol. The lowest BCUT2D eigenvalue weighted by molar-refractivity contribution is 1.04. The van der Waals surface area contributed by atoms with Gasteiger partial charge in [-0.2, -0.15) is 0 Å². The highest BCUT2D eigenvalue weighted by Crippen LogP contribution is 2.31. The minimum atomic E-state index is 0.532. The zero-order valence-corrected chi connectivity index (χ0v) is 13.2. The Morgan fingerprint density at radius 3 is 2.37 bits per heavy atom. The molecule has 19 heavy (non-hydrogen) atoms. The average Bonchev–Trinajstić information content (AvgIpc) is 2.37. The molecule has 2 nitrogen and oxygen atoms in total. The molecule has 2 aromatic carbocycles. The standard InChI is InChI=1S/C16H19BrN2/c1-11-4-6-15(12(2)8-11)19(3)16-7-5-14(17)9-13(16)10-18/h4-9H,10,18H2,1-3H3. The molecule has 0 fully saturated rings. The van der Waals surface area contributed by atoms with Gasteiger partial charge in [0, 0.05) is 29.4 Å². The van der Waals surface area contributed by atoms with E-state index in [1.54, 1.807) is 0 Å². The van der Waals surface area contributed by atoms with Crippen molar-refractivity contribution < 1.29 is 0 Å². The Bertz CT molecular complexity index is 593. The van der Waals surface area contributed by atoms with Crippen molar-refractivity contribution >= 4 is 27.3 Å². The maximum absolute atomic E-state index is 5.85. The van der Waals surface area contributed by atoms with Crippen LogP contribution < -0.4 is 10.6 Å². The molecule has 0 spiro atoms. The van der Waals surface area contributed by atoms with Crippen molar-refractivity contribution in [2.75, 3.05) is 11.9 Å². The second-order valence-corrected chi connectivity index (χ2v) is 5.74. The van der Waals surface area contributed by atoms with Gasteiger partial charge in [0.2, 0.25) is 0 Å². The van der Waals surface area contributed by atoms with Gasteiger partial charge in [-0.05, 0) is 49.2 Å². The van der Waals surface area contributed by atoms with E-state index >= 15 is 0 Å². The summed E-state index contributed by atoms with van der Waals surface area (Å²) in [6, 6.07) is 12.7. The topological polar surface area (TPSA) is 29.3 Å². The van der Waals surface area contributed by atoms with E-state index in [1.165, 1.54) is 16.8 Å². The first kappa shape index (κ1) is 14.1. The number of benzene rings is 2. The number of rotatable bonds is 3. The van der Waals surface area contributed by atoms with Gasteiger partial charge in [0.25, 0.3) is 0 Å². The smallest absolute Gasteiger partial charge is 0.0454 e. The van der Waals surface area contributed by atoms with Gasteiger partial charge < -0.3 is 10.6 Å². The molecule has 0 heterocycles. The monoisotopic (exact) mass is 318 g/mol. The molecule has 0 saturated heterocycles. The van der Waals surface area contributed by atoms with Crippen molar-refractivity contribution in [1.82, 2.24) is 0 Å². The van der Waals surface area contributed by atoms with Crippen LogP contribution in [0.15, 0.2) is 40.9 Å². The summed E-state index contributed by atoms with van der Waals surface area (Å²) in [6.07, 6.45) is 0. The number of anilines is 2. The molecule has 0 aliphatic carbocycles. The molecule has 0 unspecified atom stereocenters. The van der Waals surface area contributed by atoms with Gasteiger partial charge in [-0.15, -0.1) is 0 Å². The Kier molecular flexibility index (Phi) is 4.27. The molecular formula is C16H19BrN2. The van der Waals surface area contributed by atoms with E-state index < -0.39 is 0 Å². The molecule has 0 saturated carbocycles. The predicted octanol–water partition coefficient (Wildman–Crippen LogP) is 4.29. The lowest BCUT2D eigenvalue weighted by atomic mass is 10.1. The van der Waals surface area contributed by atoms with Crippen LogP contribution in [0.25, 0.3) is 0 Å². The summed E-state index contributed by atoms with van der Waals surface area (Å²) in [7, 11) is 2.08. The van der Waals surface area contributed by atoms with E-state index in [4.69, 9.17) is 5.73 Å². The summed E-state index contributed by atoms with van der Waals surface area (Å²) in [6.45, 7) is 4.78. The van der Waals surface area contributed by atoms with Gasteiger partial charge in [-0.25, -0.2) is 0 Å². The van der Waals surface area contributed by atoms with Gasteiger partial charge in [-0.1, -0.05) is 33.6 Å². The van der Waals surface area contributed by atoms with E-state index in [9.17, 15) is 0 Å². The van der Waals surface area contributed by atoms with Gasteiger partial charge >= 0.3 is 0 Å². The molecule has 3 heteroatoms. The number of nitrogens with zero attached hydrogens (tertiary/aromatic N) is 1. The van der Waals surface area contributed by atoms with Crippen LogP contribution >= 0.6 is 15.9 Å². The van der Waals surface area contributed by atoms with Crippen LogP contribution in [-0.2, 0) is 6.54 Å². The third-order valence-electron chi connectivity index (χ3n) is 3.34. The zero-order chi connectivity index (χ0) is 14.0. The molecule has 0 aliphatic heterocycles. The number of halogens is 1. The minimum absolute atomic E-state index is 0.532. The van der Waals surface area contributed by atoms with E-state index in [0.29, 0.717) is 6.54 Å². The van der Waals surface area contributed by atoms with E-state index in [2.05, 4.69) is 78.1 Å². The largest absolute Gasteiger partial charge is 0.344 e. The first-order valence-corrected chi connectivity index (χ1v) is 7.11. The molecule has 100 valence electrons. The van der Waals surface area contributed by atoms with Crippen molar-refractivity contribution in [3.8, 4) is 0 Å². The maximum atomic E-state index is 5.85. The molecular weight excluding hydrogens is 300 g/mol. The number of aryl methyl sites for hydroxylation is 2. The molecule has 2 rings (SSSR count). The zero-order valence-electron chi connectivity index (χ0n) is 11.6. The van der Waals surface area contributed by atoms with Crippen LogP contribution in [-0.4, -0.2) is 7.05 Å². The summed E-state index contributed by atoms with van der Waals surface area (Å²) < 4.78 is 1.06. The summed E-state index contributed by atoms with van der Waals surface area (Å²) in [5, 5.41) is 0. The highest BCUT2D eigenvalue weighted by molar-refractivity contribution is 9.10. The number of hydrogen-bond donors (Lipinski definition) is 1. The van der Waals surface area contributed by atoms with Crippen molar-refractivity contribution in [2.45, 2.75) is 20.4 Å². The summed E-state index contributed by atoms with van der Waals surface area (Å²) in [4.78, 5) is 2.20. The fourth-order valence-electron chi connectivity index (χ4n) is 2.36. The van der Waals surface area contributed by atoms with E-state index in [-0.39, 0.29) is 0 Å². The molecule has 0 aliphatic rings. The minimum Gasteiger partial charge on any atom is -0.344 e. The summed E-state index contributed by atoms with van der Waals surface area (Å²) >= 11 is 3.49. The van der Waals surface area contributed by atoms with Crippen molar-refractivity contribution in [2.24, 2.45) is 5.73 Å². The SMILES string of the molecule is Cc1ccc(N(C)c2ccc(Br)cc2CN)c(C)c1. The Morgan fingerprint density at radius 2 is 1.74 bits per heavy atom. The van der Waals surface area contributed by atoms with E-state index in [0.717, 1.165) is 15.7 Å². The normalized spacial score (nSPS) is 10.6. The Morgan fingerprint density at radius 1 is 1.05 bits per heavy atom. The van der Waals surface area contributed by atoms with Crippen LogP contribution in [0.1, 0.15) is 16.7 Å². The lowest BCUT2D eigenvalue weighted by Gasteiger charge is -2.24. The molecule has 0 radical (unpaired) electrons. The summed E-state index contributed by atoms with van der Waals surface area (Å²) in [5.74, 6) is 0. The van der Waals surface area contributed by atoms with Crippen LogP contribution in [0.5, 0.6) is 0 Å². The van der Waals surface area contributed by atoms with Gasteiger partial charge in [0.15, 0.2) is 0 Å². The molecule has 0 bridgehead atoms. The fourth-order valence-corrected chi connectivity index (χ4v) is 2.76. The second kappa shape index (κ2) is 5.76. The Labute approximate surface area is 123 Å². The van der Waals surface area contributed by atoms with Crippen molar-refractivity contribution in [3.05, 3.63) is 57.6 Å². The number of hydrogen-bond acceptors (Lipinski definition) is 2. The highest BCUT2D eigenvalue weighted by Gasteiger charge is 2.11. The second-order valence-electron chi connectivity index (χ2n) is 4.83. The Hall–Kier alpha value is -1.32.